The van der Waals surface area contributed by atoms with Crippen LogP contribution in [0.3, 0.4) is 0 Å². The van der Waals surface area contributed by atoms with E-state index in [-0.39, 0.29) is 18.2 Å². The number of ether oxygens (including phenoxy) is 2. The van der Waals surface area contributed by atoms with Crippen molar-refractivity contribution in [2.45, 2.75) is 46.0 Å². The van der Waals surface area contributed by atoms with Gasteiger partial charge in [0.1, 0.15) is 11.6 Å². The van der Waals surface area contributed by atoms with Gasteiger partial charge in [0.15, 0.2) is 0 Å². The second-order valence-electron chi connectivity index (χ2n) is 6.09. The Morgan fingerprint density at radius 2 is 2.18 bits per heavy atom. The summed E-state index contributed by atoms with van der Waals surface area (Å²) in [5.74, 6) is -0.0836. The first kappa shape index (κ1) is 21.8. The topological polar surface area (TPSA) is 72.8 Å². The minimum atomic E-state index is -0.356. The maximum Gasteiger partial charge on any atom is 0.311 e. The monoisotopic (exact) mass is 407 g/mol. The number of nitrogens with one attached hydrogen (secondary N) is 1. The van der Waals surface area contributed by atoms with E-state index in [4.69, 9.17) is 9.47 Å². The van der Waals surface area contributed by atoms with Gasteiger partial charge in [-0.3, -0.25) is 10.2 Å². The Bertz CT molecular complexity index is 780. The quantitative estimate of drug-likeness (QED) is 0.237. The molecular weight excluding hydrogens is 381 g/mol. The lowest BCUT2D eigenvalue weighted by Crippen LogP contribution is -2.07. The second-order valence-corrected chi connectivity index (χ2v) is 6.95. The highest BCUT2D eigenvalue weighted by atomic mass is 32.1. The third kappa shape index (κ3) is 7.64. The molecule has 1 aromatic carbocycles. The Hall–Kier alpha value is -2.48. The van der Waals surface area contributed by atoms with Crippen molar-refractivity contribution in [3.8, 4) is 5.75 Å². The van der Waals surface area contributed by atoms with Crippen LogP contribution in [0.5, 0.6) is 5.75 Å². The van der Waals surface area contributed by atoms with E-state index in [0.717, 1.165) is 12.8 Å². The molecule has 0 unspecified atom stereocenters. The number of esters is 1. The van der Waals surface area contributed by atoms with Crippen molar-refractivity contribution in [2.24, 2.45) is 5.10 Å². The smallest absolute Gasteiger partial charge is 0.311 e. The highest BCUT2D eigenvalue weighted by Gasteiger charge is 2.08. The molecule has 0 saturated carbocycles. The van der Waals surface area contributed by atoms with Gasteiger partial charge in [0, 0.05) is 10.9 Å². The number of anilines is 1. The zero-order valence-electron chi connectivity index (χ0n) is 16.2. The fourth-order valence-electron chi connectivity index (χ4n) is 2.42. The van der Waals surface area contributed by atoms with Gasteiger partial charge in [-0.1, -0.05) is 26.2 Å². The number of thiazole rings is 1. The lowest BCUT2D eigenvalue weighted by Gasteiger charge is -2.09. The number of hydrogen-bond donors (Lipinski definition) is 1. The van der Waals surface area contributed by atoms with Crippen molar-refractivity contribution in [1.29, 1.82) is 0 Å². The van der Waals surface area contributed by atoms with Gasteiger partial charge in [-0.25, -0.2) is 9.37 Å². The number of carbonyl (C=O) groups is 1. The fourth-order valence-corrected chi connectivity index (χ4v) is 3.08. The Kier molecular flexibility index (Phi) is 9.41. The first-order valence-electron chi connectivity index (χ1n) is 9.43. The van der Waals surface area contributed by atoms with Crippen LogP contribution >= 0.6 is 11.3 Å². The van der Waals surface area contributed by atoms with Gasteiger partial charge in [0.2, 0.25) is 5.13 Å². The number of hydrazone groups is 1. The number of halogens is 1. The molecule has 152 valence electrons. The summed E-state index contributed by atoms with van der Waals surface area (Å²) < 4.78 is 24.2. The number of carbonyl (C=O) groups excluding carboxylic acids is 1. The molecule has 0 aliphatic carbocycles. The van der Waals surface area contributed by atoms with Crippen molar-refractivity contribution < 1.29 is 18.7 Å². The summed E-state index contributed by atoms with van der Waals surface area (Å²) in [6.45, 7) is 4.85. The Balaban J connectivity index is 1.91. The molecule has 0 radical (unpaired) electrons. The molecule has 2 aromatic rings. The maximum absolute atomic E-state index is 13.6. The van der Waals surface area contributed by atoms with Crippen molar-refractivity contribution in [3.63, 3.8) is 0 Å². The van der Waals surface area contributed by atoms with Gasteiger partial charge in [0.05, 0.1) is 31.5 Å². The molecule has 1 aromatic heterocycles. The molecule has 0 fully saturated rings. The summed E-state index contributed by atoms with van der Waals surface area (Å²) >= 11 is 1.32. The zero-order chi connectivity index (χ0) is 20.2. The average molecular weight is 408 g/mol. The molecule has 1 N–H and O–H groups in total. The van der Waals surface area contributed by atoms with E-state index in [1.54, 1.807) is 18.4 Å². The third-order valence-electron chi connectivity index (χ3n) is 3.77. The number of benzene rings is 1. The van der Waals surface area contributed by atoms with Crippen LogP contribution in [-0.4, -0.2) is 30.4 Å². The van der Waals surface area contributed by atoms with Crippen LogP contribution in [0.15, 0.2) is 28.7 Å². The number of unbranched alkanes of at least 4 members (excludes halogenated alkanes) is 3. The van der Waals surface area contributed by atoms with Crippen LogP contribution in [0, 0.1) is 5.82 Å². The van der Waals surface area contributed by atoms with Crippen LogP contribution in [0.4, 0.5) is 9.52 Å². The predicted octanol–water partition coefficient (Wildman–Crippen LogP) is 4.79. The van der Waals surface area contributed by atoms with Crippen molar-refractivity contribution in [2.75, 3.05) is 18.6 Å². The molecule has 0 atom stereocenters. The largest absolute Gasteiger partial charge is 0.493 e. The molecule has 0 amide bonds. The predicted molar refractivity (Wildman–Crippen MR) is 110 cm³/mol. The standard InChI is InChI=1S/C20H26FN3O3S/c1-3-5-6-7-10-27-18-9-8-16(21)11-15(18)13-22-24-20-23-17(14-28-20)12-19(25)26-4-2/h8-9,11,13-14H,3-7,10,12H2,1-2H3,(H,23,24). The lowest BCUT2D eigenvalue weighted by atomic mass is 10.2. The summed E-state index contributed by atoms with van der Waals surface area (Å²) in [4.78, 5) is 15.7. The zero-order valence-corrected chi connectivity index (χ0v) is 17.1. The Labute approximate surface area is 168 Å². The highest BCUT2D eigenvalue weighted by Crippen LogP contribution is 2.20. The van der Waals surface area contributed by atoms with Gasteiger partial charge in [-0.05, 0) is 31.5 Å². The first-order valence-corrected chi connectivity index (χ1v) is 10.3. The number of aromatic nitrogens is 1. The summed E-state index contributed by atoms with van der Waals surface area (Å²) in [5.41, 5.74) is 3.96. The summed E-state index contributed by atoms with van der Waals surface area (Å²) in [6.07, 6.45) is 6.03. The van der Waals surface area contributed by atoms with Gasteiger partial charge < -0.3 is 9.47 Å². The molecule has 6 nitrogen and oxygen atoms in total. The van der Waals surface area contributed by atoms with Crippen molar-refractivity contribution >= 4 is 28.7 Å². The average Bonchev–Trinajstić information content (AvgIpc) is 3.10. The molecule has 0 saturated heterocycles. The molecule has 0 spiro atoms. The lowest BCUT2D eigenvalue weighted by molar-refractivity contribution is -0.142. The molecule has 1 heterocycles. The minimum Gasteiger partial charge on any atom is -0.493 e. The normalized spacial score (nSPS) is 11.0. The summed E-state index contributed by atoms with van der Waals surface area (Å²) in [5, 5.41) is 6.41. The van der Waals surface area contributed by atoms with E-state index in [0.29, 0.717) is 35.4 Å². The second kappa shape index (κ2) is 12.1. The number of hydrogen-bond acceptors (Lipinski definition) is 7. The Morgan fingerprint density at radius 3 is 2.96 bits per heavy atom. The van der Waals surface area contributed by atoms with Gasteiger partial charge in [0.25, 0.3) is 0 Å². The SMILES string of the molecule is CCCCCCOc1ccc(F)cc1C=NNc1nc(CC(=O)OCC)cs1. The van der Waals surface area contributed by atoms with E-state index >= 15 is 0 Å². The summed E-state index contributed by atoms with van der Waals surface area (Å²) in [7, 11) is 0. The molecule has 0 aliphatic heterocycles. The van der Waals surface area contributed by atoms with Crippen LogP contribution in [-0.2, 0) is 16.0 Å². The van der Waals surface area contributed by atoms with E-state index in [2.05, 4.69) is 22.4 Å². The molecule has 8 heteroatoms. The van der Waals surface area contributed by atoms with Crippen LogP contribution in [0.1, 0.15) is 50.8 Å². The maximum atomic E-state index is 13.6. The van der Waals surface area contributed by atoms with E-state index < -0.39 is 0 Å². The van der Waals surface area contributed by atoms with E-state index in [1.807, 2.05) is 0 Å². The van der Waals surface area contributed by atoms with Gasteiger partial charge in [-0.15, -0.1) is 11.3 Å². The van der Waals surface area contributed by atoms with Crippen molar-refractivity contribution in [3.05, 3.63) is 40.7 Å². The highest BCUT2D eigenvalue weighted by molar-refractivity contribution is 7.13. The van der Waals surface area contributed by atoms with Gasteiger partial charge in [-0.2, -0.15) is 5.10 Å². The van der Waals surface area contributed by atoms with Crippen LogP contribution in [0.25, 0.3) is 0 Å². The van der Waals surface area contributed by atoms with Crippen LogP contribution in [0.2, 0.25) is 0 Å². The molecule has 0 bridgehead atoms. The number of nitrogens with zero attached hydrogens (tertiary/aromatic N) is 2. The minimum absolute atomic E-state index is 0.121. The number of rotatable bonds is 12. The Morgan fingerprint density at radius 1 is 1.32 bits per heavy atom. The molecule has 28 heavy (non-hydrogen) atoms. The van der Waals surface area contributed by atoms with E-state index in [9.17, 15) is 9.18 Å². The van der Waals surface area contributed by atoms with E-state index in [1.165, 1.54) is 42.5 Å². The molecule has 2 rings (SSSR count). The molecule has 0 aliphatic rings. The first-order chi connectivity index (χ1) is 13.6. The molecular formula is C20H26FN3O3S. The van der Waals surface area contributed by atoms with Gasteiger partial charge >= 0.3 is 5.97 Å². The van der Waals surface area contributed by atoms with Crippen LogP contribution < -0.4 is 10.2 Å². The summed E-state index contributed by atoms with van der Waals surface area (Å²) in [6, 6.07) is 4.35. The fraction of sp³-hybridized carbons (Fsp3) is 0.450. The third-order valence-corrected chi connectivity index (χ3v) is 4.57. The van der Waals surface area contributed by atoms with Crippen molar-refractivity contribution in [1.82, 2.24) is 4.98 Å².